The van der Waals surface area contributed by atoms with Crippen molar-refractivity contribution in [2.75, 3.05) is 37.0 Å². The van der Waals surface area contributed by atoms with Crippen molar-refractivity contribution >= 4 is 35.3 Å². The van der Waals surface area contributed by atoms with Crippen LogP contribution in [0.4, 0.5) is 15.8 Å². The summed E-state index contributed by atoms with van der Waals surface area (Å²) < 4.78 is 19.6. The Balaban J connectivity index is 1.48. The molecule has 0 saturated carbocycles. The van der Waals surface area contributed by atoms with E-state index in [-0.39, 0.29) is 23.2 Å². The molecule has 0 aliphatic carbocycles. The smallest absolute Gasteiger partial charge is 0.269 e. The molecule has 1 amide bonds. The van der Waals surface area contributed by atoms with Crippen LogP contribution < -0.4 is 10.3 Å². The largest absolute Gasteiger partial charge is 0.378 e. The number of carbonyl (C=O) groups is 1. The van der Waals surface area contributed by atoms with E-state index in [4.69, 9.17) is 4.74 Å². The number of nitro groups is 1. The molecule has 0 atom stereocenters. The van der Waals surface area contributed by atoms with E-state index < -0.39 is 4.92 Å². The number of morpholine rings is 1. The van der Waals surface area contributed by atoms with E-state index in [0.29, 0.717) is 37.6 Å². The molecule has 8 nitrogen and oxygen atoms in total. The summed E-state index contributed by atoms with van der Waals surface area (Å²) in [5, 5.41) is 14.5. The summed E-state index contributed by atoms with van der Waals surface area (Å²) in [6, 6.07) is 10.7. The number of thioether (sulfide) groups is 1. The number of non-ortho nitro benzene ring substituents is 1. The zero-order chi connectivity index (χ0) is 20.6. The fourth-order valence-electron chi connectivity index (χ4n) is 2.69. The summed E-state index contributed by atoms with van der Waals surface area (Å²) in [5.41, 5.74) is 3.43. The molecule has 1 N–H and O–H groups in total. The van der Waals surface area contributed by atoms with Crippen LogP contribution in [0.15, 0.2) is 52.5 Å². The molecule has 0 aromatic heterocycles. The van der Waals surface area contributed by atoms with E-state index >= 15 is 0 Å². The molecule has 1 saturated heterocycles. The second-order valence-corrected chi connectivity index (χ2v) is 7.19. The van der Waals surface area contributed by atoms with Crippen molar-refractivity contribution in [2.24, 2.45) is 5.10 Å². The molecule has 10 heteroatoms. The fraction of sp³-hybridized carbons (Fsp3) is 0.263. The molecule has 1 heterocycles. The lowest BCUT2D eigenvalue weighted by Gasteiger charge is -2.29. The van der Waals surface area contributed by atoms with E-state index in [0.717, 1.165) is 4.90 Å². The Labute approximate surface area is 170 Å². The van der Waals surface area contributed by atoms with Gasteiger partial charge in [0.2, 0.25) is 5.91 Å². The molecule has 1 fully saturated rings. The van der Waals surface area contributed by atoms with E-state index in [2.05, 4.69) is 10.5 Å². The third-order valence-corrected chi connectivity index (χ3v) is 5.16. The highest BCUT2D eigenvalue weighted by atomic mass is 32.2. The third kappa shape index (κ3) is 6.00. The van der Waals surface area contributed by atoms with Crippen molar-refractivity contribution in [3.8, 4) is 0 Å². The first-order valence-electron chi connectivity index (χ1n) is 8.84. The zero-order valence-corrected chi connectivity index (χ0v) is 16.2. The van der Waals surface area contributed by atoms with Crippen LogP contribution in [-0.4, -0.2) is 49.1 Å². The van der Waals surface area contributed by atoms with Gasteiger partial charge in [0.25, 0.3) is 5.69 Å². The quantitative estimate of drug-likeness (QED) is 0.321. The molecular weight excluding hydrogens is 399 g/mol. The Morgan fingerprint density at radius 2 is 2.00 bits per heavy atom. The van der Waals surface area contributed by atoms with Crippen LogP contribution in [0.2, 0.25) is 0 Å². The fourth-order valence-corrected chi connectivity index (χ4v) is 3.38. The minimum Gasteiger partial charge on any atom is -0.378 e. The second-order valence-electron chi connectivity index (χ2n) is 6.14. The predicted octanol–water partition coefficient (Wildman–Crippen LogP) is 2.81. The van der Waals surface area contributed by atoms with Gasteiger partial charge >= 0.3 is 0 Å². The van der Waals surface area contributed by atoms with Crippen molar-refractivity contribution < 1.29 is 18.8 Å². The summed E-state index contributed by atoms with van der Waals surface area (Å²) in [6.45, 7) is 2.44. The molecule has 0 unspecified atom stereocenters. The van der Waals surface area contributed by atoms with E-state index in [1.165, 1.54) is 36.2 Å². The maximum absolute atomic E-state index is 14.3. The van der Waals surface area contributed by atoms with E-state index in [9.17, 15) is 19.3 Å². The highest BCUT2D eigenvalue weighted by molar-refractivity contribution is 8.00. The topological polar surface area (TPSA) is 97.1 Å². The summed E-state index contributed by atoms with van der Waals surface area (Å²) >= 11 is 1.23. The molecule has 2 aromatic carbocycles. The van der Waals surface area contributed by atoms with Crippen LogP contribution in [0.5, 0.6) is 0 Å². The Hall–Kier alpha value is -2.98. The van der Waals surface area contributed by atoms with Crippen LogP contribution in [0, 0.1) is 15.9 Å². The van der Waals surface area contributed by atoms with E-state index in [1.54, 1.807) is 24.3 Å². The summed E-state index contributed by atoms with van der Waals surface area (Å²) in [5.74, 6) is -0.592. The number of nitro benzene ring substituents is 1. The van der Waals surface area contributed by atoms with Gasteiger partial charge in [-0.25, -0.2) is 9.82 Å². The predicted molar refractivity (Wildman–Crippen MR) is 109 cm³/mol. The molecular formula is C19H19FN4O4S. The van der Waals surface area contributed by atoms with Crippen LogP contribution in [-0.2, 0) is 9.53 Å². The SMILES string of the molecule is O=C(CSc1ccc([N+](=O)[O-])cc1)N/N=C\c1ccc(N2CCOCC2)c(F)c1. The lowest BCUT2D eigenvalue weighted by atomic mass is 10.2. The number of nitrogens with zero attached hydrogens (tertiary/aromatic N) is 3. The number of hydrogen-bond donors (Lipinski definition) is 1. The highest BCUT2D eigenvalue weighted by Crippen LogP contribution is 2.22. The standard InChI is InChI=1S/C19H19FN4O4S/c20-17-11-14(1-6-18(17)23-7-9-28-10-8-23)12-21-22-19(25)13-29-16-4-2-15(3-5-16)24(26)27/h1-6,11-12H,7-10,13H2,(H,22,25)/b21-12-. The molecule has 0 bridgehead atoms. The first-order chi connectivity index (χ1) is 14.0. The minimum absolute atomic E-state index is 0.00438. The van der Waals surface area contributed by atoms with Gasteiger partial charge in [-0.3, -0.25) is 14.9 Å². The van der Waals surface area contributed by atoms with Gasteiger partial charge in [0.05, 0.1) is 35.8 Å². The summed E-state index contributed by atoms with van der Waals surface area (Å²) in [6.07, 6.45) is 1.38. The lowest BCUT2D eigenvalue weighted by molar-refractivity contribution is -0.384. The minimum atomic E-state index is -0.480. The number of hydrogen-bond acceptors (Lipinski definition) is 7. The maximum atomic E-state index is 14.3. The van der Waals surface area contributed by atoms with Gasteiger partial charge in [-0.1, -0.05) is 6.07 Å². The summed E-state index contributed by atoms with van der Waals surface area (Å²) in [7, 11) is 0. The Kier molecular flexibility index (Phi) is 7.14. The maximum Gasteiger partial charge on any atom is 0.269 e. The third-order valence-electron chi connectivity index (χ3n) is 4.14. The zero-order valence-electron chi connectivity index (χ0n) is 15.4. The van der Waals surface area contributed by atoms with E-state index in [1.807, 2.05) is 4.90 Å². The average Bonchev–Trinajstić information content (AvgIpc) is 2.73. The molecule has 1 aliphatic rings. The average molecular weight is 418 g/mol. The number of carbonyl (C=O) groups excluding carboxylic acids is 1. The van der Waals surface area contributed by atoms with Crippen molar-refractivity contribution in [1.82, 2.24) is 5.43 Å². The number of anilines is 1. The first kappa shape index (κ1) is 20.7. The van der Waals surface area contributed by atoms with Gasteiger partial charge in [-0.05, 0) is 29.8 Å². The molecule has 2 aromatic rings. The first-order valence-corrected chi connectivity index (χ1v) is 9.83. The Morgan fingerprint density at radius 1 is 1.28 bits per heavy atom. The van der Waals surface area contributed by atoms with Gasteiger partial charge in [-0.15, -0.1) is 11.8 Å². The number of hydrazone groups is 1. The van der Waals surface area contributed by atoms with Gasteiger partial charge in [0, 0.05) is 30.1 Å². The van der Waals surface area contributed by atoms with Crippen molar-refractivity contribution in [3.05, 3.63) is 64.0 Å². The van der Waals surface area contributed by atoms with Crippen LogP contribution in [0.3, 0.4) is 0 Å². The van der Waals surface area contributed by atoms with Gasteiger partial charge in [0.1, 0.15) is 5.82 Å². The molecule has 152 valence electrons. The number of ether oxygens (including phenoxy) is 1. The van der Waals surface area contributed by atoms with Crippen LogP contribution in [0.1, 0.15) is 5.56 Å². The molecule has 1 aliphatic heterocycles. The van der Waals surface area contributed by atoms with Crippen molar-refractivity contribution in [2.45, 2.75) is 4.90 Å². The normalized spacial score (nSPS) is 14.2. The molecule has 0 radical (unpaired) electrons. The molecule has 0 spiro atoms. The monoisotopic (exact) mass is 418 g/mol. The van der Waals surface area contributed by atoms with Crippen LogP contribution >= 0.6 is 11.8 Å². The molecule has 29 heavy (non-hydrogen) atoms. The Bertz CT molecular complexity index is 902. The molecule has 3 rings (SSSR count). The lowest BCUT2D eigenvalue weighted by Crippen LogP contribution is -2.36. The Morgan fingerprint density at radius 3 is 2.66 bits per heavy atom. The van der Waals surface area contributed by atoms with Gasteiger partial charge in [-0.2, -0.15) is 5.10 Å². The number of nitrogens with one attached hydrogen (secondary N) is 1. The van der Waals surface area contributed by atoms with Crippen molar-refractivity contribution in [3.63, 3.8) is 0 Å². The van der Waals surface area contributed by atoms with Crippen molar-refractivity contribution in [1.29, 1.82) is 0 Å². The summed E-state index contributed by atoms with van der Waals surface area (Å²) in [4.78, 5) is 24.7. The second kappa shape index (κ2) is 9.99. The number of amides is 1. The van der Waals surface area contributed by atoms with Gasteiger partial charge in [0.15, 0.2) is 0 Å². The number of halogens is 1. The van der Waals surface area contributed by atoms with Crippen LogP contribution in [0.25, 0.3) is 0 Å². The van der Waals surface area contributed by atoms with Gasteiger partial charge < -0.3 is 9.64 Å². The number of rotatable bonds is 7. The number of benzene rings is 2. The highest BCUT2D eigenvalue weighted by Gasteiger charge is 2.15.